The summed E-state index contributed by atoms with van der Waals surface area (Å²) in [6.07, 6.45) is 3.16. The molecule has 0 aliphatic carbocycles. The van der Waals surface area contributed by atoms with E-state index >= 15 is 0 Å². The van der Waals surface area contributed by atoms with Crippen molar-refractivity contribution in [1.29, 1.82) is 0 Å². The van der Waals surface area contributed by atoms with E-state index in [9.17, 15) is 9.59 Å². The molecule has 1 aliphatic rings. The van der Waals surface area contributed by atoms with Crippen LogP contribution < -0.4 is 10.6 Å². The Bertz CT molecular complexity index is 428. The first-order chi connectivity index (χ1) is 9.16. The van der Waals surface area contributed by atoms with E-state index in [1.807, 2.05) is 0 Å². The molecule has 4 N–H and O–H groups in total. The Morgan fingerprint density at radius 1 is 1.63 bits per heavy atom. The predicted molar refractivity (Wildman–Crippen MR) is 64.5 cm³/mol. The van der Waals surface area contributed by atoms with Crippen LogP contribution in [0.15, 0.2) is 12.5 Å². The van der Waals surface area contributed by atoms with Crippen molar-refractivity contribution < 1.29 is 19.4 Å². The van der Waals surface area contributed by atoms with Crippen molar-refractivity contribution in [3.8, 4) is 0 Å². The van der Waals surface area contributed by atoms with E-state index in [0.717, 1.165) is 0 Å². The number of morpholine rings is 1. The molecule has 2 rings (SSSR count). The maximum Gasteiger partial charge on any atom is 0.326 e. The number of nitrogens with zero attached hydrogens (tertiary/aromatic N) is 1. The third-order valence-corrected chi connectivity index (χ3v) is 2.83. The molecule has 2 heterocycles. The van der Waals surface area contributed by atoms with Crippen LogP contribution in [0.25, 0.3) is 0 Å². The molecule has 8 heteroatoms. The van der Waals surface area contributed by atoms with Gasteiger partial charge in [0.2, 0.25) is 5.91 Å². The molecular formula is C11H16N4O4. The fourth-order valence-corrected chi connectivity index (χ4v) is 1.82. The largest absolute Gasteiger partial charge is 0.480 e. The zero-order valence-electron chi connectivity index (χ0n) is 10.3. The van der Waals surface area contributed by atoms with Gasteiger partial charge in [0.1, 0.15) is 12.1 Å². The summed E-state index contributed by atoms with van der Waals surface area (Å²) in [6, 6.07) is -1.49. The molecule has 0 spiro atoms. The van der Waals surface area contributed by atoms with Crippen LogP contribution in [-0.4, -0.2) is 58.8 Å². The standard InChI is InChI=1S/C11H16N4O4/c16-10(9-5-19-2-1-13-9)15-8(11(17)18)3-7-4-12-6-14-7/h4,6,8-9,13H,1-3,5H2,(H,12,14)(H,15,16)(H,17,18). The Kier molecular flexibility index (Phi) is 4.48. The highest BCUT2D eigenvalue weighted by Crippen LogP contribution is 2.01. The van der Waals surface area contributed by atoms with Crippen LogP contribution in [0, 0.1) is 0 Å². The molecule has 1 amide bonds. The number of carbonyl (C=O) groups excluding carboxylic acids is 1. The van der Waals surface area contributed by atoms with Crippen molar-refractivity contribution in [2.24, 2.45) is 0 Å². The topological polar surface area (TPSA) is 116 Å². The van der Waals surface area contributed by atoms with Crippen molar-refractivity contribution in [2.75, 3.05) is 19.8 Å². The smallest absolute Gasteiger partial charge is 0.326 e. The highest BCUT2D eigenvalue weighted by atomic mass is 16.5. The lowest BCUT2D eigenvalue weighted by molar-refractivity contribution is -0.142. The summed E-state index contributed by atoms with van der Waals surface area (Å²) in [5.74, 6) is -1.45. The number of imidazole rings is 1. The molecule has 0 saturated carbocycles. The molecule has 1 aromatic heterocycles. The quantitative estimate of drug-likeness (QED) is 0.517. The molecular weight excluding hydrogens is 252 g/mol. The molecule has 1 aliphatic heterocycles. The zero-order valence-corrected chi connectivity index (χ0v) is 10.3. The second-order valence-electron chi connectivity index (χ2n) is 4.26. The summed E-state index contributed by atoms with van der Waals surface area (Å²) in [4.78, 5) is 29.7. The first-order valence-corrected chi connectivity index (χ1v) is 5.98. The average molecular weight is 268 g/mol. The summed E-state index contributed by atoms with van der Waals surface area (Å²) >= 11 is 0. The number of carboxylic acid groups (broad SMARTS) is 1. The van der Waals surface area contributed by atoms with Crippen molar-refractivity contribution in [3.63, 3.8) is 0 Å². The minimum absolute atomic E-state index is 0.161. The lowest BCUT2D eigenvalue weighted by Gasteiger charge is -2.24. The normalized spacial score (nSPS) is 20.7. The number of hydrogen-bond acceptors (Lipinski definition) is 5. The van der Waals surface area contributed by atoms with Crippen LogP contribution >= 0.6 is 0 Å². The van der Waals surface area contributed by atoms with E-state index in [1.165, 1.54) is 12.5 Å². The highest BCUT2D eigenvalue weighted by Gasteiger charge is 2.27. The lowest BCUT2D eigenvalue weighted by atomic mass is 10.1. The van der Waals surface area contributed by atoms with E-state index < -0.39 is 18.1 Å². The molecule has 0 aromatic carbocycles. The number of hydrogen-bond donors (Lipinski definition) is 4. The number of rotatable bonds is 5. The van der Waals surface area contributed by atoms with Crippen molar-refractivity contribution >= 4 is 11.9 Å². The van der Waals surface area contributed by atoms with E-state index in [-0.39, 0.29) is 18.9 Å². The average Bonchev–Trinajstić information content (AvgIpc) is 2.91. The second kappa shape index (κ2) is 6.30. The summed E-state index contributed by atoms with van der Waals surface area (Å²) in [5.41, 5.74) is 0.653. The number of aromatic nitrogens is 2. The van der Waals surface area contributed by atoms with E-state index in [1.54, 1.807) is 0 Å². The SMILES string of the molecule is O=C(O)C(Cc1cnc[nH]1)NC(=O)C1COCCN1. The molecule has 1 fully saturated rings. The number of carbonyl (C=O) groups is 2. The molecule has 0 radical (unpaired) electrons. The van der Waals surface area contributed by atoms with Gasteiger partial charge in [0.15, 0.2) is 0 Å². The fraction of sp³-hybridized carbons (Fsp3) is 0.545. The second-order valence-corrected chi connectivity index (χ2v) is 4.26. The summed E-state index contributed by atoms with van der Waals surface area (Å²) in [6.45, 7) is 1.39. The van der Waals surface area contributed by atoms with Gasteiger partial charge in [-0.15, -0.1) is 0 Å². The van der Waals surface area contributed by atoms with Gasteiger partial charge in [-0.2, -0.15) is 0 Å². The Morgan fingerprint density at radius 3 is 3.05 bits per heavy atom. The van der Waals surface area contributed by atoms with Gasteiger partial charge in [0.25, 0.3) is 0 Å². The summed E-state index contributed by atoms with van der Waals surface area (Å²) < 4.78 is 5.16. The molecule has 2 unspecified atom stereocenters. The number of aliphatic carboxylic acids is 1. The molecule has 1 saturated heterocycles. The molecule has 8 nitrogen and oxygen atoms in total. The first kappa shape index (κ1) is 13.5. The lowest BCUT2D eigenvalue weighted by Crippen LogP contribution is -2.55. The minimum Gasteiger partial charge on any atom is -0.480 e. The van der Waals surface area contributed by atoms with Gasteiger partial charge in [0.05, 0.1) is 19.5 Å². The minimum atomic E-state index is -1.08. The third kappa shape index (κ3) is 3.76. The first-order valence-electron chi connectivity index (χ1n) is 5.98. The third-order valence-electron chi connectivity index (χ3n) is 2.83. The molecule has 0 bridgehead atoms. The van der Waals surface area contributed by atoms with Gasteiger partial charge in [-0.25, -0.2) is 9.78 Å². The van der Waals surface area contributed by atoms with Gasteiger partial charge in [-0.1, -0.05) is 0 Å². The van der Waals surface area contributed by atoms with Crippen LogP contribution in [0.3, 0.4) is 0 Å². The Hall–Kier alpha value is -1.93. The molecule has 2 atom stereocenters. The van der Waals surface area contributed by atoms with Gasteiger partial charge in [-0.05, 0) is 0 Å². The molecule has 19 heavy (non-hydrogen) atoms. The van der Waals surface area contributed by atoms with Crippen LogP contribution in [0.1, 0.15) is 5.69 Å². The highest BCUT2D eigenvalue weighted by molar-refractivity contribution is 5.87. The number of ether oxygens (including phenoxy) is 1. The van der Waals surface area contributed by atoms with Crippen molar-refractivity contribution in [1.82, 2.24) is 20.6 Å². The maximum atomic E-state index is 11.9. The predicted octanol–water partition coefficient (Wildman–Crippen LogP) is -1.49. The van der Waals surface area contributed by atoms with Gasteiger partial charge >= 0.3 is 5.97 Å². The van der Waals surface area contributed by atoms with E-state index in [2.05, 4.69) is 20.6 Å². The summed E-state index contributed by atoms with van der Waals surface area (Å²) in [7, 11) is 0. The van der Waals surface area contributed by atoms with E-state index in [4.69, 9.17) is 9.84 Å². The Labute approximate surface area is 109 Å². The zero-order chi connectivity index (χ0) is 13.7. The number of nitrogens with one attached hydrogen (secondary N) is 3. The monoisotopic (exact) mass is 268 g/mol. The number of amides is 1. The molecule has 104 valence electrons. The Morgan fingerprint density at radius 2 is 2.47 bits per heavy atom. The maximum absolute atomic E-state index is 11.9. The van der Waals surface area contributed by atoms with Crippen LogP contribution in [0.2, 0.25) is 0 Å². The van der Waals surface area contributed by atoms with Crippen LogP contribution in [0.4, 0.5) is 0 Å². The van der Waals surface area contributed by atoms with Gasteiger partial charge in [0, 0.05) is 24.9 Å². The van der Waals surface area contributed by atoms with E-state index in [0.29, 0.717) is 18.8 Å². The fourth-order valence-electron chi connectivity index (χ4n) is 1.82. The Balaban J connectivity index is 1.92. The number of aromatic amines is 1. The summed E-state index contributed by atoms with van der Waals surface area (Å²) in [5, 5.41) is 14.6. The van der Waals surface area contributed by atoms with Gasteiger partial charge < -0.3 is 25.5 Å². The van der Waals surface area contributed by atoms with Crippen molar-refractivity contribution in [3.05, 3.63) is 18.2 Å². The van der Waals surface area contributed by atoms with Crippen LogP contribution in [0.5, 0.6) is 0 Å². The number of carboxylic acids is 1. The van der Waals surface area contributed by atoms with Crippen LogP contribution in [-0.2, 0) is 20.7 Å². The number of H-pyrrole nitrogens is 1. The van der Waals surface area contributed by atoms with Gasteiger partial charge in [-0.3, -0.25) is 4.79 Å². The molecule has 1 aromatic rings. The van der Waals surface area contributed by atoms with Crippen molar-refractivity contribution in [2.45, 2.75) is 18.5 Å².